The summed E-state index contributed by atoms with van der Waals surface area (Å²) in [7, 11) is -1.74. The summed E-state index contributed by atoms with van der Waals surface area (Å²) >= 11 is 0. The van der Waals surface area contributed by atoms with Gasteiger partial charge in [-0.1, -0.05) is 39.0 Å². The number of anilines is 1. The first-order chi connectivity index (χ1) is 34.6. The zero-order valence-electron chi connectivity index (χ0n) is 40.0. The van der Waals surface area contributed by atoms with E-state index in [9.17, 15) is 18.0 Å². The third kappa shape index (κ3) is 20.8. The summed E-state index contributed by atoms with van der Waals surface area (Å²) < 4.78 is 65.1. The molecule has 31 heteroatoms. The molecule has 2 aromatic heterocycles. The van der Waals surface area contributed by atoms with Crippen LogP contribution in [0.15, 0.2) is 71.9 Å². The minimum absolute atomic E-state index is 0.0412. The number of pyridine rings is 1. The second-order valence-electron chi connectivity index (χ2n) is 16.2. The molecule has 3 unspecified atom stereocenters. The quantitative estimate of drug-likeness (QED) is 0.0241. The van der Waals surface area contributed by atoms with Gasteiger partial charge in [-0.2, -0.15) is 13.4 Å². The molecule has 0 aliphatic carbocycles. The summed E-state index contributed by atoms with van der Waals surface area (Å²) in [6.07, 6.45) is -3.66. The largest absolute Gasteiger partial charge is 0.497 e. The lowest BCUT2D eigenvalue weighted by Crippen LogP contribution is -2.32. The van der Waals surface area contributed by atoms with Gasteiger partial charge in [0.25, 0.3) is 15.9 Å². The van der Waals surface area contributed by atoms with Crippen molar-refractivity contribution in [1.29, 1.82) is 0 Å². The van der Waals surface area contributed by atoms with Crippen molar-refractivity contribution in [2.45, 2.75) is 88.0 Å². The number of benzene rings is 2. The van der Waals surface area contributed by atoms with Crippen molar-refractivity contribution < 1.29 is 107 Å². The SMILES string of the molecule is COc1ccc(-c2nc(NS(=O)(=O)c3ccc(C(C)(C)C)cn3)c(Oc3ccccc3OC)c(OCC(COC(=O)CCCC(CON(O)O)ON(O)O)OC(=O)CCCC(CON(O)O)ON(O)O)n2)cc1. The van der Waals surface area contributed by atoms with Crippen molar-refractivity contribution in [1.82, 2.24) is 36.5 Å². The first kappa shape index (κ1) is 59.5. The molecule has 0 saturated carbocycles. The van der Waals surface area contributed by atoms with Crippen LogP contribution in [0.4, 0.5) is 5.82 Å². The zero-order chi connectivity index (χ0) is 53.7. The van der Waals surface area contributed by atoms with Crippen LogP contribution in [0, 0.1) is 0 Å². The number of aromatic nitrogens is 3. The van der Waals surface area contributed by atoms with Gasteiger partial charge in [0.15, 0.2) is 34.3 Å². The Balaban J connectivity index is 1.73. The Labute approximate surface area is 417 Å². The van der Waals surface area contributed by atoms with Gasteiger partial charge in [0.1, 0.15) is 44.4 Å². The molecular formula is C42H58N8O22S. The van der Waals surface area contributed by atoms with E-state index in [-0.39, 0.29) is 59.9 Å². The third-order valence-electron chi connectivity index (χ3n) is 9.76. The molecule has 0 amide bonds. The highest BCUT2D eigenvalue weighted by Crippen LogP contribution is 2.42. The van der Waals surface area contributed by atoms with E-state index in [4.69, 9.17) is 74.9 Å². The van der Waals surface area contributed by atoms with E-state index in [1.807, 2.05) is 20.8 Å². The topological polar surface area (TPSA) is 386 Å². The number of carbonyl (C=O) groups is 2. The van der Waals surface area contributed by atoms with E-state index < -0.39 is 112 Å². The molecule has 3 atom stereocenters. The third-order valence-corrected chi connectivity index (χ3v) is 11.0. The van der Waals surface area contributed by atoms with Gasteiger partial charge in [-0.25, -0.2) is 29.3 Å². The highest BCUT2D eigenvalue weighted by atomic mass is 32.2. The summed E-state index contributed by atoms with van der Waals surface area (Å²) in [5.74, 6) is -2.53. The normalized spacial score (nSPS) is 13.2. The molecule has 0 saturated heterocycles. The number of hydrogen-bond acceptors (Lipinski definition) is 29. The second-order valence-corrected chi connectivity index (χ2v) is 17.8. The predicted molar refractivity (Wildman–Crippen MR) is 238 cm³/mol. The maximum Gasteiger partial charge on any atom is 0.306 e. The Morgan fingerprint density at radius 3 is 1.79 bits per heavy atom. The molecule has 9 N–H and O–H groups in total. The van der Waals surface area contributed by atoms with Gasteiger partial charge in [-0.15, -0.1) is 0 Å². The van der Waals surface area contributed by atoms with Crippen LogP contribution in [-0.2, 0) is 53.9 Å². The molecule has 4 aromatic rings. The summed E-state index contributed by atoms with van der Waals surface area (Å²) in [5.41, 5.74) is 0.724. The van der Waals surface area contributed by atoms with E-state index in [0.717, 1.165) is 5.56 Å². The summed E-state index contributed by atoms with van der Waals surface area (Å²) in [4.78, 5) is 58.0. The van der Waals surface area contributed by atoms with Crippen LogP contribution in [0.1, 0.15) is 64.9 Å². The molecule has 0 aliphatic heterocycles. The summed E-state index contributed by atoms with van der Waals surface area (Å²) in [6.45, 7) is 3.21. The fraction of sp³-hybridized carbons (Fsp3) is 0.452. The minimum atomic E-state index is -4.56. The van der Waals surface area contributed by atoms with Gasteiger partial charge in [0.05, 0.1) is 35.8 Å². The molecule has 0 bridgehead atoms. The molecule has 0 radical (unpaired) electrons. The maximum absolute atomic E-state index is 14.1. The maximum atomic E-state index is 14.1. The minimum Gasteiger partial charge on any atom is -0.497 e. The first-order valence-corrected chi connectivity index (χ1v) is 23.2. The Hall–Kier alpha value is -6.08. The van der Waals surface area contributed by atoms with Crippen molar-refractivity contribution in [3.05, 3.63) is 72.4 Å². The molecule has 4 rings (SSSR count). The molecule has 0 fully saturated rings. The first-order valence-electron chi connectivity index (χ1n) is 21.7. The van der Waals surface area contributed by atoms with Gasteiger partial charge >= 0.3 is 11.9 Å². The number of carbonyl (C=O) groups excluding carboxylic acids is 2. The number of esters is 2. The number of nitrogens with one attached hydrogen (secondary N) is 1. The molecule has 0 aliphatic rings. The lowest BCUT2D eigenvalue weighted by atomic mass is 9.88. The van der Waals surface area contributed by atoms with Gasteiger partial charge in [0, 0.05) is 24.6 Å². The van der Waals surface area contributed by atoms with E-state index in [1.54, 1.807) is 48.5 Å². The molecular weight excluding hydrogens is 1000 g/mol. The Kier molecular flexibility index (Phi) is 23.6. The molecule has 2 aromatic carbocycles. The molecule has 73 heavy (non-hydrogen) atoms. The van der Waals surface area contributed by atoms with Crippen LogP contribution in [0.5, 0.6) is 28.9 Å². The average molecular weight is 1060 g/mol. The number of methoxy groups -OCH3 is 2. The molecule has 0 spiro atoms. The Morgan fingerprint density at radius 1 is 0.685 bits per heavy atom. The number of nitrogens with zero attached hydrogens (tertiary/aromatic N) is 7. The van der Waals surface area contributed by atoms with Crippen molar-refractivity contribution in [3.8, 4) is 40.3 Å². The summed E-state index contributed by atoms with van der Waals surface area (Å²) in [6, 6.07) is 15.6. The standard InChI is InChI=1S/C42H58N8O22S/c1-42(2,3)28-18-21-35(43-22-28)73(61,62)46-40-38(70-34-13-7-6-12-33(34)64-5)41(45-39(44-40)27-16-19-29(63-4)20-17-27)66-24-32(69-37(52)15-9-11-31(72-50(59)60)26-68-48(55)56)23-65-36(51)14-8-10-30(71-49(57)58)25-67-47(53)54/h6-7,12-13,16-22,30-32,53-60H,8-11,14-15,23-26H2,1-5H3,(H,44,45,46). The van der Waals surface area contributed by atoms with Crippen molar-refractivity contribution in [3.63, 3.8) is 0 Å². The lowest BCUT2D eigenvalue weighted by Gasteiger charge is -2.22. The van der Waals surface area contributed by atoms with Gasteiger partial charge in [-0.05, 0) is 79.1 Å². The van der Waals surface area contributed by atoms with E-state index in [0.29, 0.717) is 11.3 Å². The monoisotopic (exact) mass is 1060 g/mol. The molecule has 2 heterocycles. The van der Waals surface area contributed by atoms with E-state index in [1.165, 1.54) is 32.5 Å². The van der Waals surface area contributed by atoms with Crippen LogP contribution in [0.3, 0.4) is 0 Å². The van der Waals surface area contributed by atoms with Crippen molar-refractivity contribution >= 4 is 27.8 Å². The van der Waals surface area contributed by atoms with E-state index >= 15 is 0 Å². The van der Waals surface area contributed by atoms with Crippen LogP contribution >= 0.6 is 0 Å². The van der Waals surface area contributed by atoms with Gasteiger partial charge < -0.3 is 28.4 Å². The molecule has 404 valence electrons. The van der Waals surface area contributed by atoms with Crippen LogP contribution in [0.25, 0.3) is 11.4 Å². The number of sulfonamides is 1. The Bertz CT molecular complexity index is 2430. The van der Waals surface area contributed by atoms with Gasteiger partial charge in [0.2, 0.25) is 5.75 Å². The van der Waals surface area contributed by atoms with Crippen molar-refractivity contribution in [2.24, 2.45) is 0 Å². The van der Waals surface area contributed by atoms with Gasteiger partial charge in [-0.3, -0.25) is 56.0 Å². The van der Waals surface area contributed by atoms with Crippen LogP contribution in [-0.4, -0.2) is 157 Å². The smallest absolute Gasteiger partial charge is 0.306 e. The van der Waals surface area contributed by atoms with Crippen molar-refractivity contribution in [2.75, 3.05) is 45.4 Å². The highest BCUT2D eigenvalue weighted by molar-refractivity contribution is 7.92. The number of para-hydroxylation sites is 2. The average Bonchev–Trinajstić information content (AvgIpc) is 3.33. The predicted octanol–water partition coefficient (Wildman–Crippen LogP) is 4.41. The highest BCUT2D eigenvalue weighted by Gasteiger charge is 2.29. The number of hydrogen-bond donors (Lipinski definition) is 9. The number of ether oxygens (including phenoxy) is 6. The summed E-state index contributed by atoms with van der Waals surface area (Å²) in [5, 5.41) is 69.0. The van der Waals surface area contributed by atoms with Crippen LogP contribution < -0.4 is 23.7 Å². The van der Waals surface area contributed by atoms with Crippen LogP contribution in [0.2, 0.25) is 0 Å². The zero-order valence-corrected chi connectivity index (χ0v) is 40.8. The Morgan fingerprint density at radius 2 is 1.27 bits per heavy atom. The fourth-order valence-electron chi connectivity index (χ4n) is 6.17. The lowest BCUT2D eigenvalue weighted by molar-refractivity contribution is -0.527. The molecule has 30 nitrogen and oxygen atoms in total. The number of rotatable bonds is 32. The second kappa shape index (κ2) is 29.0. The fourth-order valence-corrected chi connectivity index (χ4v) is 7.11. The van der Waals surface area contributed by atoms with E-state index in [2.05, 4.69) is 34.2 Å².